The Bertz CT molecular complexity index is 1130. The number of amides is 4. The van der Waals surface area contributed by atoms with Gasteiger partial charge in [-0.1, -0.05) is 12.1 Å². The summed E-state index contributed by atoms with van der Waals surface area (Å²) in [7, 11) is 0. The molecule has 0 aliphatic carbocycles. The van der Waals surface area contributed by atoms with Crippen molar-refractivity contribution in [2.45, 2.75) is 39.3 Å². The monoisotopic (exact) mass is 418 g/mol. The van der Waals surface area contributed by atoms with Crippen molar-refractivity contribution >= 4 is 29.3 Å². The van der Waals surface area contributed by atoms with Crippen LogP contribution in [0.25, 0.3) is 0 Å². The average molecular weight is 418 g/mol. The van der Waals surface area contributed by atoms with Crippen molar-refractivity contribution in [3.05, 3.63) is 64.7 Å². The molecule has 8 nitrogen and oxygen atoms in total. The Balaban J connectivity index is 1.70. The molecule has 0 fully saturated rings. The number of hydrogen-bond acceptors (Lipinski definition) is 5. The molecule has 0 spiro atoms. The highest BCUT2D eigenvalue weighted by molar-refractivity contribution is 6.22. The molecule has 2 N–H and O–H groups in total. The number of imide groups is 1. The molecule has 0 atom stereocenters. The zero-order valence-electron chi connectivity index (χ0n) is 17.5. The number of anilines is 1. The molecule has 0 bridgehead atoms. The van der Waals surface area contributed by atoms with E-state index in [4.69, 9.17) is 5.26 Å². The summed E-state index contributed by atoms with van der Waals surface area (Å²) in [5, 5.41) is 13.9. The minimum absolute atomic E-state index is 0.193. The minimum atomic E-state index is -0.663. The van der Waals surface area contributed by atoms with Crippen molar-refractivity contribution < 1.29 is 19.2 Å². The van der Waals surface area contributed by atoms with Gasteiger partial charge >= 0.3 is 0 Å². The van der Waals surface area contributed by atoms with Crippen LogP contribution in [0.1, 0.15) is 63.8 Å². The largest absolute Gasteiger partial charge is 0.348 e. The third-order valence-corrected chi connectivity index (χ3v) is 4.72. The van der Waals surface area contributed by atoms with Crippen LogP contribution in [0.2, 0.25) is 0 Å². The summed E-state index contributed by atoms with van der Waals surface area (Å²) < 4.78 is 0. The van der Waals surface area contributed by atoms with Crippen LogP contribution >= 0.6 is 0 Å². The van der Waals surface area contributed by atoms with Crippen molar-refractivity contribution in [3.63, 3.8) is 0 Å². The fourth-order valence-corrected chi connectivity index (χ4v) is 3.31. The number of fused-ring (bicyclic) bond motifs is 1. The number of rotatable bonds is 5. The molecular formula is C23H22N4O4. The van der Waals surface area contributed by atoms with Crippen LogP contribution < -0.4 is 10.6 Å². The number of nitrogens with one attached hydrogen (secondary N) is 2. The molecular weight excluding hydrogens is 396 g/mol. The minimum Gasteiger partial charge on any atom is -0.348 e. The Labute approximate surface area is 179 Å². The fraction of sp³-hybridized carbons (Fsp3) is 0.261. The van der Waals surface area contributed by atoms with Crippen LogP contribution in [0.15, 0.2) is 42.5 Å². The predicted molar refractivity (Wildman–Crippen MR) is 113 cm³/mol. The first-order valence-corrected chi connectivity index (χ1v) is 9.68. The molecule has 0 radical (unpaired) electrons. The Kier molecular flexibility index (Phi) is 5.88. The first-order valence-electron chi connectivity index (χ1n) is 9.68. The Morgan fingerprint density at radius 2 is 1.74 bits per heavy atom. The maximum atomic E-state index is 12.7. The molecule has 0 aromatic heterocycles. The normalized spacial score (nSPS) is 12.9. The lowest BCUT2D eigenvalue weighted by Gasteiger charge is -2.29. The molecule has 2 aromatic carbocycles. The molecule has 4 amide bonds. The third-order valence-electron chi connectivity index (χ3n) is 4.72. The van der Waals surface area contributed by atoms with Crippen molar-refractivity contribution in [2.75, 3.05) is 5.32 Å². The van der Waals surface area contributed by atoms with E-state index < -0.39 is 23.3 Å². The van der Waals surface area contributed by atoms with Gasteiger partial charge in [-0.2, -0.15) is 5.26 Å². The third kappa shape index (κ3) is 4.61. The van der Waals surface area contributed by atoms with Crippen molar-refractivity contribution in [2.24, 2.45) is 0 Å². The SMILES string of the molecule is CC(C)(C)N1C(=O)c2ccc(C(=O)NCc3cccc(NC(=O)CC#N)c3)cc2C1=O. The van der Waals surface area contributed by atoms with Crippen molar-refractivity contribution in [1.29, 1.82) is 5.26 Å². The molecule has 8 heteroatoms. The van der Waals surface area contributed by atoms with Crippen LogP contribution in [-0.2, 0) is 11.3 Å². The molecule has 0 unspecified atom stereocenters. The van der Waals surface area contributed by atoms with Crippen LogP contribution in [0, 0.1) is 11.3 Å². The second kappa shape index (κ2) is 8.40. The van der Waals surface area contributed by atoms with Gasteiger partial charge in [-0.05, 0) is 56.7 Å². The predicted octanol–water partition coefficient (Wildman–Crippen LogP) is 2.86. The highest BCUT2D eigenvalue weighted by Crippen LogP contribution is 2.29. The van der Waals surface area contributed by atoms with Gasteiger partial charge in [-0.25, -0.2) is 0 Å². The summed E-state index contributed by atoms with van der Waals surface area (Å²) in [6.45, 7) is 5.52. The van der Waals surface area contributed by atoms with E-state index in [1.807, 2.05) is 0 Å². The zero-order chi connectivity index (χ0) is 22.8. The van der Waals surface area contributed by atoms with E-state index in [2.05, 4.69) is 10.6 Å². The molecule has 1 aliphatic heterocycles. The highest BCUT2D eigenvalue weighted by atomic mass is 16.2. The van der Waals surface area contributed by atoms with Crippen LogP contribution in [0.5, 0.6) is 0 Å². The van der Waals surface area contributed by atoms with Gasteiger partial charge in [0.1, 0.15) is 6.42 Å². The fourth-order valence-electron chi connectivity index (χ4n) is 3.31. The van der Waals surface area contributed by atoms with Gasteiger partial charge in [0.25, 0.3) is 17.7 Å². The average Bonchev–Trinajstić information content (AvgIpc) is 2.96. The van der Waals surface area contributed by atoms with Crippen LogP contribution in [-0.4, -0.2) is 34.1 Å². The summed E-state index contributed by atoms with van der Waals surface area (Å²) in [4.78, 5) is 50.6. The molecule has 0 saturated heterocycles. The van der Waals surface area contributed by atoms with Gasteiger partial charge in [0, 0.05) is 23.3 Å². The lowest BCUT2D eigenvalue weighted by atomic mass is 10.1. The molecule has 1 heterocycles. The Hall–Kier alpha value is -3.99. The summed E-state index contributed by atoms with van der Waals surface area (Å²) in [5.41, 5.74) is 1.38. The number of hydrogen-bond donors (Lipinski definition) is 2. The lowest BCUT2D eigenvalue weighted by molar-refractivity contribution is -0.115. The number of benzene rings is 2. The second-order valence-electron chi connectivity index (χ2n) is 8.14. The van der Waals surface area contributed by atoms with Gasteiger partial charge < -0.3 is 10.6 Å². The summed E-state index contributed by atoms with van der Waals surface area (Å²) in [6.07, 6.45) is -0.243. The molecule has 31 heavy (non-hydrogen) atoms. The Morgan fingerprint density at radius 1 is 1.03 bits per heavy atom. The van der Waals surface area contributed by atoms with Gasteiger partial charge in [0.2, 0.25) is 5.91 Å². The van der Waals surface area contributed by atoms with E-state index in [9.17, 15) is 19.2 Å². The van der Waals surface area contributed by atoms with E-state index in [0.29, 0.717) is 5.69 Å². The standard InChI is InChI=1S/C23H22N4O4/c1-23(2,3)27-21(30)17-8-7-15(12-18(17)22(27)31)20(29)25-13-14-5-4-6-16(11-14)26-19(28)9-10-24/h4-8,11-12H,9,13H2,1-3H3,(H,25,29)(H,26,28). The smallest absolute Gasteiger partial charge is 0.262 e. The molecule has 3 rings (SSSR count). The van der Waals surface area contributed by atoms with Gasteiger partial charge in [-0.3, -0.25) is 24.1 Å². The zero-order valence-corrected chi connectivity index (χ0v) is 17.5. The molecule has 1 aliphatic rings. The molecule has 0 saturated carbocycles. The van der Waals surface area contributed by atoms with E-state index in [1.54, 1.807) is 51.1 Å². The number of carbonyl (C=O) groups is 4. The molecule has 2 aromatic rings. The van der Waals surface area contributed by atoms with Crippen LogP contribution in [0.3, 0.4) is 0 Å². The van der Waals surface area contributed by atoms with E-state index in [-0.39, 0.29) is 35.6 Å². The summed E-state index contributed by atoms with van der Waals surface area (Å²) in [6, 6.07) is 13.1. The quantitative estimate of drug-likeness (QED) is 0.724. The van der Waals surface area contributed by atoms with Crippen molar-refractivity contribution in [3.8, 4) is 6.07 Å². The van der Waals surface area contributed by atoms with Crippen molar-refractivity contribution in [1.82, 2.24) is 10.2 Å². The van der Waals surface area contributed by atoms with E-state index in [1.165, 1.54) is 23.1 Å². The van der Waals surface area contributed by atoms with E-state index >= 15 is 0 Å². The van der Waals surface area contributed by atoms with E-state index in [0.717, 1.165) is 5.56 Å². The second-order valence-corrected chi connectivity index (χ2v) is 8.14. The first kappa shape index (κ1) is 21.7. The van der Waals surface area contributed by atoms with Crippen LogP contribution in [0.4, 0.5) is 5.69 Å². The number of nitriles is 1. The maximum Gasteiger partial charge on any atom is 0.262 e. The lowest BCUT2D eigenvalue weighted by Crippen LogP contribution is -2.45. The number of nitrogens with zero attached hydrogens (tertiary/aromatic N) is 2. The summed E-state index contributed by atoms with van der Waals surface area (Å²) >= 11 is 0. The van der Waals surface area contributed by atoms with Gasteiger partial charge in [-0.15, -0.1) is 0 Å². The number of carbonyl (C=O) groups excluding carboxylic acids is 4. The summed E-state index contributed by atoms with van der Waals surface area (Å²) in [5.74, 6) is -1.58. The highest BCUT2D eigenvalue weighted by Gasteiger charge is 2.42. The maximum absolute atomic E-state index is 12.7. The van der Waals surface area contributed by atoms with Gasteiger partial charge in [0.05, 0.1) is 17.2 Å². The molecule has 158 valence electrons. The Morgan fingerprint density at radius 3 is 2.42 bits per heavy atom. The topological polar surface area (TPSA) is 119 Å². The first-order chi connectivity index (χ1) is 14.6. The van der Waals surface area contributed by atoms with Gasteiger partial charge in [0.15, 0.2) is 0 Å².